The van der Waals surface area contributed by atoms with Crippen molar-refractivity contribution >= 4 is 23.4 Å². The fourth-order valence-corrected chi connectivity index (χ4v) is 1.45. The van der Waals surface area contributed by atoms with Crippen molar-refractivity contribution in [3.05, 3.63) is 59.0 Å². The molecule has 0 aliphatic heterocycles. The summed E-state index contributed by atoms with van der Waals surface area (Å²) in [6.07, 6.45) is 0.543. The van der Waals surface area contributed by atoms with E-state index in [1.165, 1.54) is 18.3 Å². The van der Waals surface area contributed by atoms with Gasteiger partial charge in [-0.25, -0.2) is 4.79 Å². The average molecular weight is 265 g/mol. The molecular formula is C12H9ClN2O3. The number of nitrogens with one attached hydrogen (secondary N) is 1. The van der Waals surface area contributed by atoms with Crippen molar-refractivity contribution in [1.82, 2.24) is 0 Å². The monoisotopic (exact) mass is 264 g/mol. The number of amides is 1. The van der Waals surface area contributed by atoms with Crippen LogP contribution >= 0.6 is 11.6 Å². The maximum atomic E-state index is 11.5. The van der Waals surface area contributed by atoms with Crippen LogP contribution in [-0.4, -0.2) is 6.09 Å². The topological polar surface area (TPSA) is 65.3 Å². The van der Waals surface area contributed by atoms with E-state index in [2.05, 4.69) is 5.32 Å². The summed E-state index contributed by atoms with van der Waals surface area (Å²) in [6.45, 7) is 0. The summed E-state index contributed by atoms with van der Waals surface area (Å²) in [5.74, 6) is 0.427. The Bertz CT molecular complexity index is 561. The Morgan fingerprint density at radius 2 is 2.00 bits per heavy atom. The molecule has 0 saturated heterocycles. The van der Waals surface area contributed by atoms with Crippen LogP contribution in [0.4, 0.5) is 10.5 Å². The van der Waals surface area contributed by atoms with Gasteiger partial charge in [-0.2, -0.15) is 4.73 Å². The lowest BCUT2D eigenvalue weighted by atomic mass is 10.3. The van der Waals surface area contributed by atoms with Gasteiger partial charge in [0.1, 0.15) is 5.75 Å². The molecule has 0 saturated carbocycles. The van der Waals surface area contributed by atoms with Gasteiger partial charge in [0.25, 0.3) is 5.15 Å². The van der Waals surface area contributed by atoms with E-state index in [0.717, 1.165) is 0 Å². The molecule has 1 aromatic heterocycles. The summed E-state index contributed by atoms with van der Waals surface area (Å²) >= 11 is 5.62. The molecular weight excluding hydrogens is 256 g/mol. The fourth-order valence-electron chi connectivity index (χ4n) is 1.28. The Morgan fingerprint density at radius 1 is 1.28 bits per heavy atom. The quantitative estimate of drug-likeness (QED) is 0.515. The SMILES string of the molecule is O=C(Nc1cc[n+]([O-])c(Cl)c1)Oc1ccccc1. The van der Waals surface area contributed by atoms with Crippen LogP contribution in [0.3, 0.4) is 0 Å². The molecule has 1 amide bonds. The van der Waals surface area contributed by atoms with Crippen molar-refractivity contribution in [2.45, 2.75) is 0 Å². The van der Waals surface area contributed by atoms with Crippen molar-refractivity contribution in [2.24, 2.45) is 0 Å². The van der Waals surface area contributed by atoms with Crippen LogP contribution in [0.2, 0.25) is 5.15 Å². The summed E-state index contributed by atoms with van der Waals surface area (Å²) < 4.78 is 5.49. The van der Waals surface area contributed by atoms with E-state index >= 15 is 0 Å². The minimum atomic E-state index is -0.652. The van der Waals surface area contributed by atoms with Gasteiger partial charge < -0.3 is 9.94 Å². The lowest BCUT2D eigenvalue weighted by Gasteiger charge is -2.06. The highest BCUT2D eigenvalue weighted by Crippen LogP contribution is 2.13. The molecule has 2 aromatic rings. The van der Waals surface area contributed by atoms with Crippen LogP contribution in [0.5, 0.6) is 5.75 Å². The third kappa shape index (κ3) is 3.11. The fraction of sp³-hybridized carbons (Fsp3) is 0. The Kier molecular flexibility index (Phi) is 3.64. The Balaban J connectivity index is 2.01. The smallest absolute Gasteiger partial charge is 0.417 e. The standard InChI is InChI=1S/C12H9ClN2O3/c13-11-8-9(6-7-15(11)17)14-12(16)18-10-4-2-1-3-5-10/h1-8H,(H,14,16). The van der Waals surface area contributed by atoms with Crippen LogP contribution in [-0.2, 0) is 0 Å². The van der Waals surface area contributed by atoms with Gasteiger partial charge in [0.15, 0.2) is 6.20 Å². The second kappa shape index (κ2) is 5.37. The number of ether oxygens (including phenoxy) is 1. The number of carbonyl (C=O) groups is 1. The molecule has 0 radical (unpaired) electrons. The van der Waals surface area contributed by atoms with Gasteiger partial charge in [-0.05, 0) is 23.7 Å². The first-order chi connectivity index (χ1) is 8.65. The molecule has 0 atom stereocenters. The highest BCUT2D eigenvalue weighted by atomic mass is 35.5. The van der Waals surface area contributed by atoms with Gasteiger partial charge in [0.2, 0.25) is 0 Å². The number of para-hydroxylation sites is 1. The van der Waals surface area contributed by atoms with Crippen molar-refractivity contribution in [3.63, 3.8) is 0 Å². The molecule has 1 N–H and O–H groups in total. The molecule has 0 bridgehead atoms. The number of aromatic nitrogens is 1. The number of carbonyl (C=O) groups excluding carboxylic acids is 1. The van der Waals surface area contributed by atoms with E-state index in [9.17, 15) is 10.0 Å². The molecule has 92 valence electrons. The van der Waals surface area contributed by atoms with Gasteiger partial charge >= 0.3 is 6.09 Å². The van der Waals surface area contributed by atoms with Crippen LogP contribution in [0.15, 0.2) is 48.7 Å². The van der Waals surface area contributed by atoms with Crippen molar-refractivity contribution in [3.8, 4) is 5.75 Å². The van der Waals surface area contributed by atoms with E-state index in [1.807, 2.05) is 6.07 Å². The maximum absolute atomic E-state index is 11.5. The van der Waals surface area contributed by atoms with E-state index in [0.29, 0.717) is 16.2 Å². The van der Waals surface area contributed by atoms with Crippen LogP contribution in [0.25, 0.3) is 0 Å². The average Bonchev–Trinajstić information content (AvgIpc) is 2.35. The minimum absolute atomic E-state index is 0.0347. The third-order valence-electron chi connectivity index (χ3n) is 2.07. The zero-order valence-electron chi connectivity index (χ0n) is 9.17. The summed E-state index contributed by atoms with van der Waals surface area (Å²) in [5.41, 5.74) is 0.382. The zero-order valence-corrected chi connectivity index (χ0v) is 9.92. The zero-order chi connectivity index (χ0) is 13.0. The summed E-state index contributed by atoms with van der Waals surface area (Å²) in [6, 6.07) is 11.4. The highest BCUT2D eigenvalue weighted by Gasteiger charge is 2.08. The lowest BCUT2D eigenvalue weighted by Crippen LogP contribution is -2.27. The first-order valence-electron chi connectivity index (χ1n) is 5.08. The highest BCUT2D eigenvalue weighted by molar-refractivity contribution is 6.28. The van der Waals surface area contributed by atoms with Crippen molar-refractivity contribution in [2.75, 3.05) is 5.32 Å². The van der Waals surface area contributed by atoms with Crippen LogP contribution in [0, 0.1) is 5.21 Å². The first kappa shape index (κ1) is 12.2. The van der Waals surface area contributed by atoms with E-state index < -0.39 is 6.09 Å². The second-order valence-corrected chi connectivity index (χ2v) is 3.78. The summed E-state index contributed by atoms with van der Waals surface area (Å²) in [4.78, 5) is 11.5. The van der Waals surface area contributed by atoms with Gasteiger partial charge in [0, 0.05) is 12.1 Å². The molecule has 0 unspecified atom stereocenters. The molecule has 0 aliphatic carbocycles. The Hall–Kier alpha value is -2.27. The number of anilines is 1. The normalized spacial score (nSPS) is 9.83. The lowest BCUT2D eigenvalue weighted by molar-refractivity contribution is -0.602. The number of nitrogens with zero attached hydrogens (tertiary/aromatic N) is 1. The molecule has 18 heavy (non-hydrogen) atoms. The number of hydrogen-bond acceptors (Lipinski definition) is 3. The van der Waals surface area contributed by atoms with E-state index in [-0.39, 0.29) is 5.15 Å². The Labute approximate surface area is 108 Å². The maximum Gasteiger partial charge on any atom is 0.417 e. The number of rotatable bonds is 2. The molecule has 0 aliphatic rings. The number of benzene rings is 1. The number of halogens is 1. The van der Waals surface area contributed by atoms with Crippen LogP contribution < -0.4 is 14.8 Å². The van der Waals surface area contributed by atoms with Crippen molar-refractivity contribution in [1.29, 1.82) is 0 Å². The van der Waals surface area contributed by atoms with E-state index in [1.54, 1.807) is 24.3 Å². The van der Waals surface area contributed by atoms with Gasteiger partial charge in [-0.3, -0.25) is 5.32 Å². The number of hydrogen-bond donors (Lipinski definition) is 1. The third-order valence-corrected chi connectivity index (χ3v) is 2.35. The summed E-state index contributed by atoms with van der Waals surface area (Å²) in [5, 5.41) is 13.4. The molecule has 2 rings (SSSR count). The molecule has 1 aromatic carbocycles. The first-order valence-corrected chi connectivity index (χ1v) is 5.45. The predicted molar refractivity (Wildman–Crippen MR) is 66.5 cm³/mol. The molecule has 6 heteroatoms. The summed E-state index contributed by atoms with van der Waals surface area (Å²) in [7, 11) is 0. The molecule has 1 heterocycles. The van der Waals surface area contributed by atoms with E-state index in [4.69, 9.17) is 16.3 Å². The minimum Gasteiger partial charge on any atom is -0.618 e. The largest absolute Gasteiger partial charge is 0.618 e. The molecule has 0 fully saturated rings. The Morgan fingerprint density at radius 3 is 2.67 bits per heavy atom. The number of pyridine rings is 1. The van der Waals surface area contributed by atoms with Gasteiger partial charge in [-0.15, -0.1) is 0 Å². The van der Waals surface area contributed by atoms with Crippen molar-refractivity contribution < 1.29 is 14.3 Å². The molecule has 5 nitrogen and oxygen atoms in total. The molecule has 0 spiro atoms. The predicted octanol–water partition coefficient (Wildman–Crippen LogP) is 2.58. The van der Waals surface area contributed by atoms with Gasteiger partial charge in [0.05, 0.1) is 5.69 Å². The van der Waals surface area contributed by atoms with Gasteiger partial charge in [-0.1, -0.05) is 18.2 Å². The second-order valence-electron chi connectivity index (χ2n) is 3.39. The van der Waals surface area contributed by atoms with Crippen LogP contribution in [0.1, 0.15) is 0 Å².